The molecular formula is C8H7BrCl2. The second-order valence-electron chi connectivity index (χ2n) is 2.17. The molecule has 0 bridgehead atoms. The van der Waals surface area contributed by atoms with Gasteiger partial charge < -0.3 is 0 Å². The van der Waals surface area contributed by atoms with E-state index < -0.39 is 0 Å². The highest BCUT2D eigenvalue weighted by molar-refractivity contribution is 9.09. The summed E-state index contributed by atoms with van der Waals surface area (Å²) < 4.78 is 0. The molecule has 0 aliphatic carbocycles. The van der Waals surface area contributed by atoms with Crippen LogP contribution in [0.3, 0.4) is 0 Å². The van der Waals surface area contributed by atoms with Gasteiger partial charge in [0, 0.05) is 15.4 Å². The van der Waals surface area contributed by atoms with E-state index in [1.807, 2.05) is 12.1 Å². The van der Waals surface area contributed by atoms with Gasteiger partial charge in [-0.1, -0.05) is 45.2 Å². The van der Waals surface area contributed by atoms with E-state index in [4.69, 9.17) is 23.2 Å². The Hall–Kier alpha value is 0.280. The number of hydrogen-bond acceptors (Lipinski definition) is 0. The largest absolute Gasteiger partial charge is 0.0924 e. The topological polar surface area (TPSA) is 0 Å². The van der Waals surface area contributed by atoms with Crippen molar-refractivity contribution in [2.24, 2.45) is 0 Å². The minimum absolute atomic E-state index is 0.688. The van der Waals surface area contributed by atoms with Gasteiger partial charge in [-0.25, -0.2) is 0 Å². The third-order valence-electron chi connectivity index (χ3n) is 1.38. The van der Waals surface area contributed by atoms with Gasteiger partial charge in [0.05, 0.1) is 0 Å². The highest BCUT2D eigenvalue weighted by Gasteiger charge is 1.98. The average Bonchev–Trinajstić information content (AvgIpc) is 1.95. The van der Waals surface area contributed by atoms with Crippen LogP contribution in [0.1, 0.15) is 5.56 Å². The lowest BCUT2D eigenvalue weighted by Gasteiger charge is -2.00. The number of halogens is 3. The van der Waals surface area contributed by atoms with Crippen molar-refractivity contribution in [3.05, 3.63) is 33.8 Å². The summed E-state index contributed by atoms with van der Waals surface area (Å²) in [4.78, 5) is 0. The first-order valence-electron chi connectivity index (χ1n) is 3.24. The lowest BCUT2D eigenvalue weighted by atomic mass is 10.2. The van der Waals surface area contributed by atoms with E-state index in [1.54, 1.807) is 6.07 Å². The minimum Gasteiger partial charge on any atom is -0.0924 e. The smallest absolute Gasteiger partial charge is 0.0453 e. The molecule has 0 saturated carbocycles. The zero-order valence-corrected chi connectivity index (χ0v) is 8.88. The zero-order valence-electron chi connectivity index (χ0n) is 5.78. The Morgan fingerprint density at radius 2 is 2.00 bits per heavy atom. The van der Waals surface area contributed by atoms with Crippen LogP contribution in [0, 0.1) is 0 Å². The second kappa shape index (κ2) is 4.34. The lowest BCUT2D eigenvalue weighted by Crippen LogP contribution is -1.86. The van der Waals surface area contributed by atoms with Crippen molar-refractivity contribution in [2.45, 2.75) is 6.42 Å². The van der Waals surface area contributed by atoms with Crippen molar-refractivity contribution in [1.29, 1.82) is 0 Å². The summed E-state index contributed by atoms with van der Waals surface area (Å²) in [7, 11) is 0. The molecule has 0 aliphatic heterocycles. The SMILES string of the molecule is Clc1ccc(CCBr)c(Cl)c1. The maximum atomic E-state index is 5.90. The summed E-state index contributed by atoms with van der Waals surface area (Å²) in [6, 6.07) is 5.57. The van der Waals surface area contributed by atoms with Crippen LogP contribution >= 0.6 is 39.1 Å². The van der Waals surface area contributed by atoms with E-state index in [2.05, 4.69) is 15.9 Å². The van der Waals surface area contributed by atoms with E-state index in [1.165, 1.54) is 0 Å². The molecule has 0 spiro atoms. The van der Waals surface area contributed by atoms with Crippen molar-refractivity contribution in [3.8, 4) is 0 Å². The van der Waals surface area contributed by atoms with Gasteiger partial charge in [-0.15, -0.1) is 0 Å². The normalized spacial score (nSPS) is 10.1. The zero-order chi connectivity index (χ0) is 8.27. The van der Waals surface area contributed by atoms with Gasteiger partial charge in [0.2, 0.25) is 0 Å². The fourth-order valence-electron chi connectivity index (χ4n) is 0.826. The van der Waals surface area contributed by atoms with Crippen molar-refractivity contribution in [3.63, 3.8) is 0 Å². The van der Waals surface area contributed by atoms with Gasteiger partial charge >= 0.3 is 0 Å². The van der Waals surface area contributed by atoms with Crippen LogP contribution in [-0.2, 0) is 6.42 Å². The first kappa shape index (κ1) is 9.37. The monoisotopic (exact) mass is 252 g/mol. The summed E-state index contributed by atoms with van der Waals surface area (Å²) in [5, 5.41) is 2.36. The molecule has 0 unspecified atom stereocenters. The third kappa shape index (κ3) is 2.66. The molecule has 0 radical (unpaired) electrons. The molecule has 0 atom stereocenters. The predicted octanol–water partition coefficient (Wildman–Crippen LogP) is 3.93. The standard InChI is InChI=1S/C8H7BrCl2/c9-4-3-6-1-2-7(10)5-8(6)11/h1-2,5H,3-4H2. The molecule has 60 valence electrons. The molecule has 1 aromatic rings. The van der Waals surface area contributed by atoms with E-state index in [-0.39, 0.29) is 0 Å². The molecule has 0 N–H and O–H groups in total. The highest BCUT2D eigenvalue weighted by atomic mass is 79.9. The van der Waals surface area contributed by atoms with Gasteiger partial charge in [-0.3, -0.25) is 0 Å². The molecule has 1 rings (SSSR count). The maximum absolute atomic E-state index is 5.90. The van der Waals surface area contributed by atoms with E-state index >= 15 is 0 Å². The summed E-state index contributed by atoms with van der Waals surface area (Å²) in [6.45, 7) is 0. The molecule has 0 saturated heterocycles. The van der Waals surface area contributed by atoms with Crippen LogP contribution < -0.4 is 0 Å². The summed E-state index contributed by atoms with van der Waals surface area (Å²) in [5.74, 6) is 0. The molecule has 1 aromatic carbocycles. The average molecular weight is 254 g/mol. The quantitative estimate of drug-likeness (QED) is 0.701. The second-order valence-corrected chi connectivity index (χ2v) is 3.81. The van der Waals surface area contributed by atoms with Crippen molar-refractivity contribution in [2.75, 3.05) is 5.33 Å². The summed E-state index contributed by atoms with van der Waals surface area (Å²) in [6.07, 6.45) is 0.940. The Morgan fingerprint density at radius 1 is 1.27 bits per heavy atom. The van der Waals surface area contributed by atoms with Gasteiger partial charge in [0.15, 0.2) is 0 Å². The number of aryl methyl sites for hydroxylation is 1. The molecule has 0 aromatic heterocycles. The molecular weight excluding hydrogens is 247 g/mol. The van der Waals surface area contributed by atoms with Gasteiger partial charge in [-0.05, 0) is 24.1 Å². The first-order chi connectivity index (χ1) is 5.24. The number of alkyl halides is 1. The van der Waals surface area contributed by atoms with Crippen molar-refractivity contribution in [1.82, 2.24) is 0 Å². The Kier molecular flexibility index (Phi) is 3.70. The molecule has 0 nitrogen and oxygen atoms in total. The van der Waals surface area contributed by atoms with E-state index in [0.29, 0.717) is 5.02 Å². The van der Waals surface area contributed by atoms with Crippen LogP contribution in [-0.4, -0.2) is 5.33 Å². The molecule has 0 fully saturated rings. The lowest BCUT2D eigenvalue weighted by molar-refractivity contribution is 1.17. The molecule has 0 amide bonds. The van der Waals surface area contributed by atoms with E-state index in [9.17, 15) is 0 Å². The minimum atomic E-state index is 0.688. The van der Waals surface area contributed by atoms with E-state index in [0.717, 1.165) is 22.3 Å². The summed E-state index contributed by atoms with van der Waals surface area (Å²) >= 11 is 15.0. The molecule has 0 aliphatic rings. The Morgan fingerprint density at radius 3 is 2.55 bits per heavy atom. The number of rotatable bonds is 2. The van der Waals surface area contributed by atoms with Crippen LogP contribution in [0.15, 0.2) is 18.2 Å². The Labute approximate surface area is 84.6 Å². The van der Waals surface area contributed by atoms with Crippen LogP contribution in [0.5, 0.6) is 0 Å². The maximum Gasteiger partial charge on any atom is 0.0453 e. The Balaban J connectivity index is 2.90. The fraction of sp³-hybridized carbons (Fsp3) is 0.250. The summed E-state index contributed by atoms with van der Waals surface area (Å²) in [5.41, 5.74) is 1.13. The van der Waals surface area contributed by atoms with Gasteiger partial charge in [0.1, 0.15) is 0 Å². The fourth-order valence-corrected chi connectivity index (χ4v) is 1.76. The Bertz CT molecular complexity index is 248. The molecule has 11 heavy (non-hydrogen) atoms. The molecule has 3 heteroatoms. The van der Waals surface area contributed by atoms with Crippen LogP contribution in [0.4, 0.5) is 0 Å². The van der Waals surface area contributed by atoms with Crippen LogP contribution in [0.2, 0.25) is 10.0 Å². The first-order valence-corrected chi connectivity index (χ1v) is 5.11. The number of benzene rings is 1. The van der Waals surface area contributed by atoms with Crippen molar-refractivity contribution >= 4 is 39.1 Å². The van der Waals surface area contributed by atoms with Gasteiger partial charge in [0.25, 0.3) is 0 Å². The third-order valence-corrected chi connectivity index (χ3v) is 2.36. The highest BCUT2D eigenvalue weighted by Crippen LogP contribution is 2.21. The number of hydrogen-bond donors (Lipinski definition) is 0. The predicted molar refractivity (Wildman–Crippen MR) is 54.0 cm³/mol. The molecule has 0 heterocycles. The van der Waals surface area contributed by atoms with Gasteiger partial charge in [-0.2, -0.15) is 0 Å². The van der Waals surface area contributed by atoms with Crippen LogP contribution in [0.25, 0.3) is 0 Å². The van der Waals surface area contributed by atoms with Crippen molar-refractivity contribution < 1.29 is 0 Å².